The van der Waals surface area contributed by atoms with Crippen molar-refractivity contribution in [1.29, 1.82) is 0 Å². The summed E-state index contributed by atoms with van der Waals surface area (Å²) in [4.78, 5) is 14.3. The van der Waals surface area contributed by atoms with Crippen LogP contribution in [0.2, 0.25) is 0 Å². The molecule has 22 heavy (non-hydrogen) atoms. The number of hydrogen-bond acceptors (Lipinski definition) is 4. The molecule has 1 aromatic carbocycles. The van der Waals surface area contributed by atoms with Crippen LogP contribution in [0.15, 0.2) is 22.2 Å². The lowest BCUT2D eigenvalue weighted by Gasteiger charge is -2.31. The van der Waals surface area contributed by atoms with Crippen LogP contribution in [0.3, 0.4) is 0 Å². The van der Waals surface area contributed by atoms with Crippen molar-refractivity contribution in [3.63, 3.8) is 0 Å². The third-order valence-corrected chi connectivity index (χ3v) is 5.58. The van der Waals surface area contributed by atoms with Crippen molar-refractivity contribution in [2.75, 3.05) is 20.7 Å². The largest absolute Gasteiger partial charge is 0.493 e. The second-order valence-corrected chi connectivity index (χ2v) is 7.15. The van der Waals surface area contributed by atoms with Gasteiger partial charge in [0.25, 0.3) is 0 Å². The lowest BCUT2D eigenvalue weighted by Crippen LogP contribution is -2.32. The molecule has 0 saturated heterocycles. The smallest absolute Gasteiger partial charge is 0.165 e. The molecule has 4 nitrogen and oxygen atoms in total. The molecule has 1 aliphatic carbocycles. The van der Waals surface area contributed by atoms with Gasteiger partial charge in [0.05, 0.1) is 7.11 Å². The number of rotatable bonds is 1. The molecular formula is C17H18BrNO3. The van der Waals surface area contributed by atoms with Crippen molar-refractivity contribution in [2.24, 2.45) is 0 Å². The van der Waals surface area contributed by atoms with Gasteiger partial charge in [-0.1, -0.05) is 21.5 Å². The van der Waals surface area contributed by atoms with Gasteiger partial charge in [-0.2, -0.15) is 0 Å². The van der Waals surface area contributed by atoms with Gasteiger partial charge in [0, 0.05) is 35.5 Å². The van der Waals surface area contributed by atoms with E-state index in [9.17, 15) is 4.79 Å². The average molecular weight is 364 g/mol. The van der Waals surface area contributed by atoms with Gasteiger partial charge < -0.3 is 14.4 Å². The van der Waals surface area contributed by atoms with Crippen molar-refractivity contribution in [3.05, 3.63) is 33.3 Å². The summed E-state index contributed by atoms with van der Waals surface area (Å²) in [7, 11) is 3.77. The van der Waals surface area contributed by atoms with E-state index in [1.165, 1.54) is 16.7 Å². The fraction of sp³-hybridized carbons (Fsp3) is 0.471. The molecule has 0 bridgehead atoms. The quantitative estimate of drug-likeness (QED) is 0.768. The minimum atomic E-state index is -0.0761. The van der Waals surface area contributed by atoms with E-state index in [0.717, 1.165) is 35.5 Å². The zero-order chi connectivity index (χ0) is 15.4. The zero-order valence-corrected chi connectivity index (χ0v) is 14.3. The number of carbonyl (C=O) groups excluding carboxylic acids is 1. The Labute approximate surface area is 138 Å². The number of ether oxygens (including phenoxy) is 2. The fourth-order valence-electron chi connectivity index (χ4n) is 3.87. The number of halogens is 1. The molecule has 2 aliphatic heterocycles. The Bertz CT molecular complexity index is 698. The van der Waals surface area contributed by atoms with Gasteiger partial charge in [0.2, 0.25) is 0 Å². The Kier molecular flexibility index (Phi) is 3.31. The molecule has 0 radical (unpaired) electrons. The lowest BCUT2D eigenvalue weighted by molar-refractivity contribution is -0.116. The Morgan fingerprint density at radius 2 is 2.27 bits per heavy atom. The highest BCUT2D eigenvalue weighted by atomic mass is 79.9. The summed E-state index contributed by atoms with van der Waals surface area (Å²) in [6.45, 7) is 1.83. The summed E-state index contributed by atoms with van der Waals surface area (Å²) in [6, 6.07) is 1.98. The number of hydrogen-bond donors (Lipinski definition) is 0. The third kappa shape index (κ3) is 2.02. The van der Waals surface area contributed by atoms with Gasteiger partial charge in [-0.3, -0.25) is 4.79 Å². The van der Waals surface area contributed by atoms with E-state index >= 15 is 0 Å². The lowest BCUT2D eigenvalue weighted by atomic mass is 9.77. The van der Waals surface area contributed by atoms with Crippen molar-refractivity contribution in [2.45, 2.75) is 31.4 Å². The maximum absolute atomic E-state index is 12.0. The van der Waals surface area contributed by atoms with E-state index in [-0.39, 0.29) is 17.8 Å². The summed E-state index contributed by atoms with van der Waals surface area (Å²) in [5, 5.41) is 0. The summed E-state index contributed by atoms with van der Waals surface area (Å²) in [5.41, 5.74) is 3.67. The maximum atomic E-state index is 12.0. The van der Waals surface area contributed by atoms with Gasteiger partial charge >= 0.3 is 0 Å². The SMILES string of the molecule is COc1cc(Br)c2c3c1O[C@H]1CC(=O)C=C(CCN(C)C2)C31. The molecule has 0 fully saturated rings. The predicted molar refractivity (Wildman–Crippen MR) is 86.5 cm³/mol. The maximum Gasteiger partial charge on any atom is 0.165 e. The summed E-state index contributed by atoms with van der Waals surface area (Å²) in [6.07, 6.45) is 3.14. The first kappa shape index (κ1) is 14.3. The molecular weight excluding hydrogens is 346 g/mol. The minimum Gasteiger partial charge on any atom is -0.493 e. The molecule has 3 aliphatic rings. The number of benzene rings is 1. The van der Waals surface area contributed by atoms with Crippen LogP contribution in [0, 0.1) is 0 Å². The predicted octanol–water partition coefficient (Wildman–Crippen LogP) is 3.04. The number of methoxy groups -OCH3 is 1. The molecule has 2 heterocycles. The van der Waals surface area contributed by atoms with Crippen molar-refractivity contribution in [1.82, 2.24) is 4.90 Å². The van der Waals surface area contributed by atoms with Gasteiger partial charge in [-0.05, 0) is 31.2 Å². The number of allylic oxidation sites excluding steroid dienone is 1. The molecule has 2 atom stereocenters. The van der Waals surface area contributed by atoms with Gasteiger partial charge in [0.15, 0.2) is 17.3 Å². The minimum absolute atomic E-state index is 0.0761. The van der Waals surface area contributed by atoms with Gasteiger partial charge in [-0.25, -0.2) is 0 Å². The van der Waals surface area contributed by atoms with Crippen LogP contribution < -0.4 is 9.47 Å². The summed E-state index contributed by atoms with van der Waals surface area (Å²) in [5.74, 6) is 1.94. The Morgan fingerprint density at radius 1 is 1.45 bits per heavy atom. The molecule has 0 amide bonds. The number of nitrogens with zero attached hydrogens (tertiary/aromatic N) is 1. The van der Waals surface area contributed by atoms with Crippen molar-refractivity contribution in [3.8, 4) is 11.5 Å². The third-order valence-electron chi connectivity index (χ3n) is 4.87. The van der Waals surface area contributed by atoms with Crippen LogP contribution in [0.25, 0.3) is 0 Å². The van der Waals surface area contributed by atoms with Crippen LogP contribution in [0.1, 0.15) is 29.9 Å². The summed E-state index contributed by atoms with van der Waals surface area (Å²) >= 11 is 3.69. The molecule has 0 spiro atoms. The Balaban J connectivity index is 1.98. The Morgan fingerprint density at radius 3 is 3.05 bits per heavy atom. The summed E-state index contributed by atoms with van der Waals surface area (Å²) < 4.78 is 12.7. The molecule has 0 aromatic heterocycles. The highest BCUT2D eigenvalue weighted by Crippen LogP contribution is 2.54. The average Bonchev–Trinajstić information content (AvgIpc) is 2.84. The van der Waals surface area contributed by atoms with Crippen LogP contribution >= 0.6 is 15.9 Å². The molecule has 116 valence electrons. The van der Waals surface area contributed by atoms with E-state index in [4.69, 9.17) is 9.47 Å². The van der Waals surface area contributed by atoms with Gasteiger partial charge in [0.1, 0.15) is 6.10 Å². The molecule has 0 saturated carbocycles. The Hall–Kier alpha value is -1.33. The second-order valence-electron chi connectivity index (χ2n) is 6.29. The first-order valence-electron chi connectivity index (χ1n) is 7.56. The zero-order valence-electron chi connectivity index (χ0n) is 12.7. The van der Waals surface area contributed by atoms with E-state index < -0.39 is 0 Å². The second kappa shape index (κ2) is 5.10. The molecule has 5 heteroatoms. The standard InChI is InChI=1S/C17H18BrNO3/c1-19-4-3-9-5-10(20)6-13-15(9)16-11(8-19)12(18)7-14(21-2)17(16)22-13/h5,7,13,15H,3-4,6,8H2,1-2H3/t13-,15?/m0/s1. The topological polar surface area (TPSA) is 38.8 Å². The molecule has 1 aromatic rings. The normalized spacial score (nSPS) is 26.7. The number of ketones is 1. The number of carbonyl (C=O) groups is 1. The highest BCUT2D eigenvalue weighted by molar-refractivity contribution is 9.10. The fourth-order valence-corrected chi connectivity index (χ4v) is 4.42. The van der Waals surface area contributed by atoms with Crippen molar-refractivity contribution >= 4 is 21.7 Å². The molecule has 1 unspecified atom stereocenters. The highest BCUT2D eigenvalue weighted by Gasteiger charge is 2.44. The van der Waals surface area contributed by atoms with Crippen LogP contribution in [-0.2, 0) is 11.3 Å². The van der Waals surface area contributed by atoms with E-state index in [0.29, 0.717) is 6.42 Å². The van der Waals surface area contributed by atoms with Gasteiger partial charge in [-0.15, -0.1) is 0 Å². The molecule has 0 N–H and O–H groups in total. The first-order chi connectivity index (χ1) is 10.6. The van der Waals surface area contributed by atoms with E-state index in [2.05, 4.69) is 27.9 Å². The van der Waals surface area contributed by atoms with E-state index in [1.54, 1.807) is 7.11 Å². The first-order valence-corrected chi connectivity index (χ1v) is 8.35. The molecule has 4 rings (SSSR count). The monoisotopic (exact) mass is 363 g/mol. The van der Waals surface area contributed by atoms with Crippen molar-refractivity contribution < 1.29 is 14.3 Å². The van der Waals surface area contributed by atoms with Crippen LogP contribution in [-0.4, -0.2) is 37.5 Å². The van der Waals surface area contributed by atoms with Crippen LogP contribution in [0.4, 0.5) is 0 Å². The van der Waals surface area contributed by atoms with Crippen LogP contribution in [0.5, 0.6) is 11.5 Å². The van der Waals surface area contributed by atoms with E-state index in [1.807, 2.05) is 12.1 Å².